The van der Waals surface area contributed by atoms with Gasteiger partial charge in [-0.25, -0.2) is 0 Å². The summed E-state index contributed by atoms with van der Waals surface area (Å²) in [6.45, 7) is 4.24. The standard InChI is InChI=1S/C12H16O/c1-8-6-10-4-3-5-12(13)11(10)7-9(8)2/h6-7,12-13H,3-5H2,1-2H3/t12-/m1/s1. The fraction of sp³-hybridized carbons (Fsp3) is 0.500. The molecule has 70 valence electrons. The lowest BCUT2D eigenvalue weighted by Crippen LogP contribution is -2.09. The monoisotopic (exact) mass is 176 g/mol. The van der Waals surface area contributed by atoms with E-state index >= 15 is 0 Å². The van der Waals surface area contributed by atoms with E-state index in [9.17, 15) is 5.11 Å². The maximum absolute atomic E-state index is 9.78. The first kappa shape index (κ1) is 8.76. The molecule has 13 heavy (non-hydrogen) atoms. The molecule has 1 nitrogen and oxygen atoms in total. The summed E-state index contributed by atoms with van der Waals surface area (Å²) < 4.78 is 0. The van der Waals surface area contributed by atoms with Crippen molar-refractivity contribution in [2.24, 2.45) is 0 Å². The van der Waals surface area contributed by atoms with E-state index in [1.54, 1.807) is 0 Å². The number of hydrogen-bond donors (Lipinski definition) is 1. The van der Waals surface area contributed by atoms with E-state index in [0.29, 0.717) is 0 Å². The summed E-state index contributed by atoms with van der Waals surface area (Å²) in [6.07, 6.45) is 2.96. The van der Waals surface area contributed by atoms with Gasteiger partial charge in [0.05, 0.1) is 6.10 Å². The predicted octanol–water partition coefficient (Wildman–Crippen LogP) is 2.67. The highest BCUT2D eigenvalue weighted by Gasteiger charge is 2.18. The molecule has 1 heteroatoms. The first-order chi connectivity index (χ1) is 6.18. The second kappa shape index (κ2) is 3.15. The Labute approximate surface area is 79.4 Å². The van der Waals surface area contributed by atoms with Gasteiger partial charge in [-0.3, -0.25) is 0 Å². The summed E-state index contributed by atoms with van der Waals surface area (Å²) in [5, 5.41) is 9.78. The molecule has 1 aliphatic rings. The van der Waals surface area contributed by atoms with Gasteiger partial charge in [-0.1, -0.05) is 12.1 Å². The third-order valence-corrected chi connectivity index (χ3v) is 3.04. The van der Waals surface area contributed by atoms with Crippen molar-refractivity contribution < 1.29 is 5.11 Å². The molecule has 1 N–H and O–H groups in total. The normalized spacial score (nSPS) is 21.3. The quantitative estimate of drug-likeness (QED) is 0.644. The van der Waals surface area contributed by atoms with Crippen molar-refractivity contribution in [1.82, 2.24) is 0 Å². The average molecular weight is 176 g/mol. The Morgan fingerprint density at radius 2 is 1.92 bits per heavy atom. The van der Waals surface area contributed by atoms with Crippen molar-refractivity contribution in [1.29, 1.82) is 0 Å². The summed E-state index contributed by atoms with van der Waals surface area (Å²) >= 11 is 0. The predicted molar refractivity (Wildman–Crippen MR) is 53.8 cm³/mol. The van der Waals surface area contributed by atoms with Crippen LogP contribution in [0.4, 0.5) is 0 Å². The molecule has 1 atom stereocenters. The summed E-state index contributed by atoms with van der Waals surface area (Å²) in [5.41, 5.74) is 5.14. The number of fused-ring (bicyclic) bond motifs is 1. The van der Waals surface area contributed by atoms with E-state index in [1.807, 2.05) is 0 Å². The number of aliphatic hydroxyl groups is 1. The van der Waals surface area contributed by atoms with Gasteiger partial charge in [-0.15, -0.1) is 0 Å². The van der Waals surface area contributed by atoms with E-state index in [2.05, 4.69) is 26.0 Å². The zero-order valence-electron chi connectivity index (χ0n) is 8.30. The van der Waals surface area contributed by atoms with Gasteiger partial charge in [0, 0.05) is 0 Å². The smallest absolute Gasteiger partial charge is 0.0792 e. The molecule has 0 radical (unpaired) electrons. The first-order valence-electron chi connectivity index (χ1n) is 4.96. The third kappa shape index (κ3) is 1.49. The van der Waals surface area contributed by atoms with Gasteiger partial charge in [0.1, 0.15) is 0 Å². The van der Waals surface area contributed by atoms with E-state index in [0.717, 1.165) is 24.8 Å². The highest BCUT2D eigenvalue weighted by atomic mass is 16.3. The van der Waals surface area contributed by atoms with E-state index < -0.39 is 0 Å². The van der Waals surface area contributed by atoms with E-state index in [-0.39, 0.29) is 6.10 Å². The van der Waals surface area contributed by atoms with Crippen LogP contribution in [0.2, 0.25) is 0 Å². The lowest BCUT2D eigenvalue weighted by molar-refractivity contribution is 0.156. The minimum Gasteiger partial charge on any atom is -0.388 e. The molecule has 1 aromatic rings. The summed E-state index contributed by atoms with van der Waals surface area (Å²) in [5.74, 6) is 0. The van der Waals surface area contributed by atoms with Crippen LogP contribution in [0.5, 0.6) is 0 Å². The Morgan fingerprint density at radius 3 is 2.69 bits per heavy atom. The summed E-state index contributed by atoms with van der Waals surface area (Å²) in [4.78, 5) is 0. The van der Waals surface area contributed by atoms with Gasteiger partial charge in [0.2, 0.25) is 0 Å². The zero-order valence-corrected chi connectivity index (χ0v) is 8.30. The van der Waals surface area contributed by atoms with Crippen LogP contribution in [0, 0.1) is 13.8 Å². The van der Waals surface area contributed by atoms with Crippen molar-refractivity contribution in [3.63, 3.8) is 0 Å². The summed E-state index contributed by atoms with van der Waals surface area (Å²) in [7, 11) is 0. The second-order valence-corrected chi connectivity index (χ2v) is 4.04. The van der Waals surface area contributed by atoms with Crippen LogP contribution in [0.25, 0.3) is 0 Å². The highest BCUT2D eigenvalue weighted by Crippen LogP contribution is 2.31. The fourth-order valence-corrected chi connectivity index (χ4v) is 2.07. The molecular formula is C12H16O. The van der Waals surface area contributed by atoms with Gasteiger partial charge < -0.3 is 5.11 Å². The maximum Gasteiger partial charge on any atom is 0.0792 e. The zero-order chi connectivity index (χ0) is 9.42. The van der Waals surface area contributed by atoms with Gasteiger partial charge in [0.15, 0.2) is 0 Å². The summed E-state index contributed by atoms with van der Waals surface area (Å²) in [6, 6.07) is 4.38. The van der Waals surface area contributed by atoms with Gasteiger partial charge >= 0.3 is 0 Å². The Morgan fingerprint density at radius 1 is 1.23 bits per heavy atom. The molecule has 1 aromatic carbocycles. The van der Waals surface area contributed by atoms with Crippen LogP contribution in [0.3, 0.4) is 0 Å². The Hall–Kier alpha value is -0.820. The molecule has 2 rings (SSSR count). The molecule has 0 aliphatic heterocycles. The van der Waals surface area contributed by atoms with Gasteiger partial charge in [-0.2, -0.15) is 0 Å². The molecule has 0 saturated heterocycles. The average Bonchev–Trinajstić information content (AvgIpc) is 2.09. The minimum atomic E-state index is -0.219. The molecule has 0 unspecified atom stereocenters. The number of aliphatic hydroxyl groups excluding tert-OH is 1. The van der Waals surface area contributed by atoms with Gasteiger partial charge in [-0.05, 0) is 55.4 Å². The van der Waals surface area contributed by atoms with Crippen LogP contribution in [-0.2, 0) is 6.42 Å². The topological polar surface area (TPSA) is 20.2 Å². The highest BCUT2D eigenvalue weighted by molar-refractivity contribution is 5.39. The van der Waals surface area contributed by atoms with Crippen molar-refractivity contribution in [2.75, 3.05) is 0 Å². The van der Waals surface area contributed by atoms with Crippen LogP contribution in [-0.4, -0.2) is 5.11 Å². The lowest BCUT2D eigenvalue weighted by atomic mass is 9.87. The molecule has 0 heterocycles. The molecule has 0 saturated carbocycles. The first-order valence-corrected chi connectivity index (χ1v) is 4.96. The van der Waals surface area contributed by atoms with Crippen LogP contribution >= 0.6 is 0 Å². The Balaban J connectivity index is 2.52. The van der Waals surface area contributed by atoms with Crippen molar-refractivity contribution >= 4 is 0 Å². The van der Waals surface area contributed by atoms with Crippen molar-refractivity contribution in [3.05, 3.63) is 34.4 Å². The van der Waals surface area contributed by atoms with Crippen LogP contribution in [0.1, 0.15) is 41.2 Å². The number of aryl methyl sites for hydroxylation is 3. The van der Waals surface area contributed by atoms with E-state index in [4.69, 9.17) is 0 Å². The Kier molecular flexibility index (Phi) is 2.12. The third-order valence-electron chi connectivity index (χ3n) is 3.04. The molecule has 0 spiro atoms. The van der Waals surface area contributed by atoms with Gasteiger partial charge in [0.25, 0.3) is 0 Å². The number of hydrogen-bond acceptors (Lipinski definition) is 1. The molecule has 0 bridgehead atoms. The van der Waals surface area contributed by atoms with Crippen molar-refractivity contribution in [2.45, 2.75) is 39.2 Å². The largest absolute Gasteiger partial charge is 0.388 e. The molecular weight excluding hydrogens is 160 g/mol. The molecule has 0 aromatic heterocycles. The van der Waals surface area contributed by atoms with Crippen LogP contribution in [0.15, 0.2) is 12.1 Å². The fourth-order valence-electron chi connectivity index (χ4n) is 2.07. The lowest BCUT2D eigenvalue weighted by Gasteiger charge is -2.22. The molecule has 1 aliphatic carbocycles. The van der Waals surface area contributed by atoms with Crippen LogP contribution < -0.4 is 0 Å². The van der Waals surface area contributed by atoms with E-state index in [1.165, 1.54) is 16.7 Å². The maximum atomic E-state index is 9.78. The second-order valence-electron chi connectivity index (χ2n) is 4.04. The molecule has 0 fully saturated rings. The Bertz CT molecular complexity index is 328. The number of rotatable bonds is 0. The minimum absolute atomic E-state index is 0.219. The molecule has 0 amide bonds. The number of benzene rings is 1. The SMILES string of the molecule is Cc1cc2c(cc1C)[C@H](O)CCC2. The van der Waals surface area contributed by atoms with Crippen molar-refractivity contribution in [3.8, 4) is 0 Å².